The van der Waals surface area contributed by atoms with Gasteiger partial charge in [-0.1, -0.05) is 31.0 Å². The molecule has 3 rings (SSSR count). The van der Waals surface area contributed by atoms with E-state index in [1.54, 1.807) is 18.2 Å². The summed E-state index contributed by atoms with van der Waals surface area (Å²) in [7, 11) is 0. The zero-order valence-electron chi connectivity index (χ0n) is 12.0. The largest absolute Gasteiger partial charge is 0.351 e. The summed E-state index contributed by atoms with van der Waals surface area (Å²) in [6, 6.07) is 6.97. The fraction of sp³-hybridized carbons (Fsp3) is 0.562. The van der Waals surface area contributed by atoms with Crippen molar-refractivity contribution in [1.82, 2.24) is 10.6 Å². The Morgan fingerprint density at radius 3 is 2.81 bits per heavy atom. The van der Waals surface area contributed by atoms with Crippen molar-refractivity contribution in [2.24, 2.45) is 5.92 Å². The summed E-state index contributed by atoms with van der Waals surface area (Å²) < 4.78 is 13.5. The second-order valence-corrected chi connectivity index (χ2v) is 5.92. The lowest BCUT2D eigenvalue weighted by atomic mass is 9.85. The minimum Gasteiger partial charge on any atom is -0.351 e. The molecule has 116 valence electrons. The first-order valence-electron chi connectivity index (χ1n) is 7.51. The Morgan fingerprint density at radius 2 is 2.05 bits per heavy atom. The van der Waals surface area contributed by atoms with E-state index in [2.05, 4.69) is 10.6 Å². The predicted molar refractivity (Wildman–Crippen MR) is 82.8 cm³/mol. The van der Waals surface area contributed by atoms with Gasteiger partial charge < -0.3 is 10.6 Å². The third-order valence-corrected chi connectivity index (χ3v) is 4.59. The minimum atomic E-state index is -0.263. The first-order valence-corrected chi connectivity index (χ1v) is 7.51. The quantitative estimate of drug-likeness (QED) is 0.901. The lowest BCUT2D eigenvalue weighted by molar-refractivity contribution is -0.123. The van der Waals surface area contributed by atoms with Crippen molar-refractivity contribution >= 4 is 18.3 Å². The van der Waals surface area contributed by atoms with E-state index in [1.165, 1.54) is 31.7 Å². The van der Waals surface area contributed by atoms with E-state index in [4.69, 9.17) is 0 Å². The van der Waals surface area contributed by atoms with Gasteiger partial charge in [-0.25, -0.2) is 4.39 Å². The Kier molecular flexibility index (Phi) is 5.59. The summed E-state index contributed by atoms with van der Waals surface area (Å²) >= 11 is 0. The molecule has 2 fully saturated rings. The molecule has 1 saturated heterocycles. The molecule has 1 aliphatic carbocycles. The Bertz CT molecular complexity index is 483. The number of amides is 1. The molecule has 0 radical (unpaired) electrons. The van der Waals surface area contributed by atoms with Gasteiger partial charge in [0.2, 0.25) is 5.91 Å². The number of benzene rings is 1. The number of hydrogen-bond acceptors (Lipinski definition) is 2. The monoisotopic (exact) mass is 312 g/mol. The van der Waals surface area contributed by atoms with Crippen LogP contribution in [0, 0.1) is 11.7 Å². The van der Waals surface area contributed by atoms with Gasteiger partial charge in [0.1, 0.15) is 5.82 Å². The number of carbonyl (C=O) groups is 1. The maximum atomic E-state index is 13.5. The van der Waals surface area contributed by atoms with Crippen LogP contribution in [-0.2, 0) is 11.3 Å². The summed E-state index contributed by atoms with van der Waals surface area (Å²) in [5.74, 6) is 0.386. The first kappa shape index (κ1) is 16.2. The molecular formula is C16H22ClFN2O. The highest BCUT2D eigenvalue weighted by molar-refractivity contribution is 5.85. The van der Waals surface area contributed by atoms with Crippen LogP contribution in [0.4, 0.5) is 4.39 Å². The normalized spacial score (nSPS) is 27.6. The maximum Gasteiger partial charge on any atom is 0.237 e. The maximum absolute atomic E-state index is 13.5. The molecule has 0 bridgehead atoms. The van der Waals surface area contributed by atoms with Crippen LogP contribution in [0.5, 0.6) is 0 Å². The summed E-state index contributed by atoms with van der Waals surface area (Å²) in [5, 5.41) is 6.29. The molecule has 0 spiro atoms. The van der Waals surface area contributed by atoms with Crippen molar-refractivity contribution in [2.75, 3.05) is 0 Å². The number of nitrogens with one attached hydrogen (secondary N) is 2. The van der Waals surface area contributed by atoms with E-state index in [0.717, 1.165) is 6.42 Å². The number of halogens is 2. The molecule has 3 atom stereocenters. The Balaban J connectivity index is 0.00000161. The number of carbonyl (C=O) groups excluding carboxylic acids is 1. The summed E-state index contributed by atoms with van der Waals surface area (Å²) in [4.78, 5) is 12.2. The van der Waals surface area contributed by atoms with Crippen molar-refractivity contribution in [3.63, 3.8) is 0 Å². The van der Waals surface area contributed by atoms with Crippen molar-refractivity contribution in [1.29, 1.82) is 0 Å². The second-order valence-electron chi connectivity index (χ2n) is 5.92. The zero-order valence-corrected chi connectivity index (χ0v) is 12.8. The Morgan fingerprint density at radius 1 is 1.29 bits per heavy atom. The van der Waals surface area contributed by atoms with E-state index in [-0.39, 0.29) is 36.7 Å². The van der Waals surface area contributed by atoms with Crippen LogP contribution in [0.25, 0.3) is 0 Å². The van der Waals surface area contributed by atoms with Gasteiger partial charge in [0.15, 0.2) is 0 Å². The van der Waals surface area contributed by atoms with E-state index >= 15 is 0 Å². The predicted octanol–water partition coefficient (Wildman–Crippen LogP) is 2.78. The summed E-state index contributed by atoms with van der Waals surface area (Å²) in [5.41, 5.74) is 0.538. The van der Waals surface area contributed by atoms with Gasteiger partial charge >= 0.3 is 0 Å². The third kappa shape index (κ3) is 3.74. The molecule has 2 aliphatic rings. The van der Waals surface area contributed by atoms with E-state index in [0.29, 0.717) is 17.5 Å². The molecular weight excluding hydrogens is 291 g/mol. The van der Waals surface area contributed by atoms with Crippen LogP contribution < -0.4 is 10.6 Å². The van der Waals surface area contributed by atoms with Crippen LogP contribution in [0.3, 0.4) is 0 Å². The van der Waals surface area contributed by atoms with Crippen LogP contribution in [-0.4, -0.2) is 18.0 Å². The molecule has 3 unspecified atom stereocenters. The first-order chi connectivity index (χ1) is 9.74. The van der Waals surface area contributed by atoms with E-state index in [1.807, 2.05) is 0 Å². The molecule has 5 heteroatoms. The highest BCUT2D eigenvalue weighted by Crippen LogP contribution is 2.33. The lowest BCUT2D eigenvalue weighted by Crippen LogP contribution is -2.42. The fourth-order valence-electron chi connectivity index (χ4n) is 3.47. The van der Waals surface area contributed by atoms with Crippen LogP contribution in [0.15, 0.2) is 24.3 Å². The van der Waals surface area contributed by atoms with Gasteiger partial charge in [-0.05, 0) is 31.2 Å². The fourth-order valence-corrected chi connectivity index (χ4v) is 3.47. The molecule has 2 N–H and O–H groups in total. The lowest BCUT2D eigenvalue weighted by Gasteiger charge is -2.24. The standard InChI is InChI=1S/C16H21FN2O.ClH/c17-13-7-3-1-6-12(13)10-18-16(20)15-9-11-5-2-4-8-14(11)19-15;/h1,3,6-7,11,14-15,19H,2,4-5,8-10H2,(H,18,20);1H. The smallest absolute Gasteiger partial charge is 0.237 e. The highest BCUT2D eigenvalue weighted by atomic mass is 35.5. The van der Waals surface area contributed by atoms with Crippen molar-refractivity contribution in [3.05, 3.63) is 35.6 Å². The number of fused-ring (bicyclic) bond motifs is 1. The average Bonchev–Trinajstić information content (AvgIpc) is 2.90. The molecule has 1 aromatic carbocycles. The van der Waals surface area contributed by atoms with Gasteiger partial charge in [-0.2, -0.15) is 0 Å². The van der Waals surface area contributed by atoms with Gasteiger partial charge in [0.05, 0.1) is 6.04 Å². The molecule has 0 aromatic heterocycles. The molecule has 1 heterocycles. The van der Waals surface area contributed by atoms with Gasteiger partial charge in [-0.3, -0.25) is 4.79 Å². The summed E-state index contributed by atoms with van der Waals surface area (Å²) in [6.45, 7) is 0.263. The molecule has 3 nitrogen and oxygen atoms in total. The molecule has 1 aliphatic heterocycles. The summed E-state index contributed by atoms with van der Waals surface area (Å²) in [6.07, 6.45) is 5.88. The second kappa shape index (κ2) is 7.23. The number of hydrogen-bond donors (Lipinski definition) is 2. The topological polar surface area (TPSA) is 41.1 Å². The Hall–Kier alpha value is -1.13. The molecule has 1 aromatic rings. The minimum absolute atomic E-state index is 0. The molecule has 21 heavy (non-hydrogen) atoms. The van der Waals surface area contributed by atoms with Crippen molar-refractivity contribution in [3.8, 4) is 0 Å². The highest BCUT2D eigenvalue weighted by Gasteiger charge is 2.37. The van der Waals surface area contributed by atoms with Crippen LogP contribution >= 0.6 is 12.4 Å². The zero-order chi connectivity index (χ0) is 13.9. The number of rotatable bonds is 3. The molecule has 1 saturated carbocycles. The average molecular weight is 313 g/mol. The van der Waals surface area contributed by atoms with E-state index in [9.17, 15) is 9.18 Å². The van der Waals surface area contributed by atoms with Crippen molar-refractivity contribution in [2.45, 2.75) is 50.7 Å². The SMILES string of the molecule is Cl.O=C(NCc1ccccc1F)C1CC2CCCCC2N1. The van der Waals surface area contributed by atoms with Crippen LogP contribution in [0.1, 0.15) is 37.7 Å². The van der Waals surface area contributed by atoms with Gasteiger partial charge in [-0.15, -0.1) is 12.4 Å². The molecule has 1 amide bonds. The van der Waals surface area contributed by atoms with Crippen LogP contribution in [0.2, 0.25) is 0 Å². The third-order valence-electron chi connectivity index (χ3n) is 4.59. The van der Waals surface area contributed by atoms with Gasteiger partial charge in [0.25, 0.3) is 0 Å². The Labute approximate surface area is 131 Å². The van der Waals surface area contributed by atoms with Crippen molar-refractivity contribution < 1.29 is 9.18 Å². The van der Waals surface area contributed by atoms with Gasteiger partial charge in [0, 0.05) is 18.2 Å². The van der Waals surface area contributed by atoms with E-state index < -0.39 is 0 Å².